The molecule has 1 rings (SSSR count). The van der Waals surface area contributed by atoms with E-state index >= 15 is 0 Å². The van der Waals surface area contributed by atoms with Gasteiger partial charge in [-0.2, -0.15) is 0 Å². The molecule has 0 fully saturated rings. The average molecular weight is 219 g/mol. The van der Waals surface area contributed by atoms with E-state index in [0.717, 1.165) is 12.8 Å². The molecule has 2 N–H and O–H groups in total. The molecule has 0 radical (unpaired) electrons. The van der Waals surface area contributed by atoms with Crippen LogP contribution in [0.3, 0.4) is 0 Å². The number of aryl methyl sites for hydroxylation is 1. The van der Waals surface area contributed by atoms with Crippen LogP contribution in [-0.4, -0.2) is 6.04 Å². The summed E-state index contributed by atoms with van der Waals surface area (Å²) < 4.78 is 0. The van der Waals surface area contributed by atoms with Crippen molar-refractivity contribution in [3.8, 4) is 0 Å². The number of hydrogen-bond acceptors (Lipinski definition) is 1. The molecule has 0 spiro atoms. The standard InChI is InChI=1S/C15H25N/c1-4-6-12(3)15(16)11-14-9-7-13(5-2)8-10-14/h7-10,12,15H,4-6,11,16H2,1-3H3. The first-order chi connectivity index (χ1) is 7.67. The molecule has 0 aliphatic heterocycles. The molecule has 16 heavy (non-hydrogen) atoms. The minimum absolute atomic E-state index is 0.299. The third-order valence-electron chi connectivity index (χ3n) is 3.38. The lowest BCUT2D eigenvalue weighted by atomic mass is 9.92. The zero-order chi connectivity index (χ0) is 12.0. The van der Waals surface area contributed by atoms with E-state index in [1.54, 1.807) is 0 Å². The van der Waals surface area contributed by atoms with Gasteiger partial charge in [0.15, 0.2) is 0 Å². The lowest BCUT2D eigenvalue weighted by molar-refractivity contribution is 0.420. The summed E-state index contributed by atoms with van der Waals surface area (Å²) in [6.45, 7) is 6.66. The van der Waals surface area contributed by atoms with E-state index < -0.39 is 0 Å². The Morgan fingerprint density at radius 1 is 1.06 bits per heavy atom. The Kier molecular flexibility index (Phi) is 5.54. The van der Waals surface area contributed by atoms with Crippen LogP contribution in [0.5, 0.6) is 0 Å². The first kappa shape index (κ1) is 13.2. The van der Waals surface area contributed by atoms with Crippen LogP contribution in [0.15, 0.2) is 24.3 Å². The largest absolute Gasteiger partial charge is 0.327 e. The monoisotopic (exact) mass is 219 g/mol. The molecule has 90 valence electrons. The van der Waals surface area contributed by atoms with Gasteiger partial charge in [0.05, 0.1) is 0 Å². The molecular formula is C15H25N. The van der Waals surface area contributed by atoms with Gasteiger partial charge in [0, 0.05) is 6.04 Å². The molecule has 1 heteroatoms. The quantitative estimate of drug-likeness (QED) is 0.778. The van der Waals surface area contributed by atoms with Gasteiger partial charge in [-0.3, -0.25) is 0 Å². The van der Waals surface area contributed by atoms with Crippen LogP contribution in [0.1, 0.15) is 44.7 Å². The molecule has 0 saturated carbocycles. The highest BCUT2D eigenvalue weighted by molar-refractivity contribution is 5.23. The summed E-state index contributed by atoms with van der Waals surface area (Å²) in [4.78, 5) is 0. The molecular weight excluding hydrogens is 194 g/mol. The fourth-order valence-corrected chi connectivity index (χ4v) is 2.05. The highest BCUT2D eigenvalue weighted by Crippen LogP contribution is 2.14. The second kappa shape index (κ2) is 6.70. The van der Waals surface area contributed by atoms with Crippen molar-refractivity contribution in [3.63, 3.8) is 0 Å². The second-order valence-electron chi connectivity index (χ2n) is 4.80. The minimum atomic E-state index is 0.299. The number of benzene rings is 1. The summed E-state index contributed by atoms with van der Waals surface area (Å²) in [6, 6.07) is 9.17. The predicted octanol–water partition coefficient (Wildman–Crippen LogP) is 3.56. The van der Waals surface area contributed by atoms with Crippen molar-refractivity contribution in [2.24, 2.45) is 11.7 Å². The Labute approximate surface area is 100 Å². The summed E-state index contributed by atoms with van der Waals surface area (Å²) in [5.74, 6) is 0.621. The summed E-state index contributed by atoms with van der Waals surface area (Å²) in [5, 5.41) is 0. The molecule has 0 heterocycles. The normalized spacial score (nSPS) is 14.8. The van der Waals surface area contributed by atoms with Crippen molar-refractivity contribution < 1.29 is 0 Å². The highest BCUT2D eigenvalue weighted by Gasteiger charge is 2.12. The van der Waals surface area contributed by atoms with Crippen LogP contribution >= 0.6 is 0 Å². The topological polar surface area (TPSA) is 26.0 Å². The van der Waals surface area contributed by atoms with E-state index in [1.165, 1.54) is 24.0 Å². The number of hydrogen-bond donors (Lipinski definition) is 1. The summed E-state index contributed by atoms with van der Waals surface area (Å²) >= 11 is 0. The maximum Gasteiger partial charge on any atom is 0.0105 e. The van der Waals surface area contributed by atoms with Gasteiger partial charge in [0.1, 0.15) is 0 Å². The van der Waals surface area contributed by atoms with Crippen LogP contribution in [0.2, 0.25) is 0 Å². The van der Waals surface area contributed by atoms with Crippen LogP contribution < -0.4 is 5.73 Å². The van der Waals surface area contributed by atoms with Crippen molar-refractivity contribution in [1.82, 2.24) is 0 Å². The fourth-order valence-electron chi connectivity index (χ4n) is 2.05. The van der Waals surface area contributed by atoms with E-state index in [-0.39, 0.29) is 0 Å². The van der Waals surface area contributed by atoms with Crippen LogP contribution in [0.4, 0.5) is 0 Å². The van der Waals surface area contributed by atoms with Gasteiger partial charge in [-0.25, -0.2) is 0 Å². The SMILES string of the molecule is CCCC(C)C(N)Cc1ccc(CC)cc1. The van der Waals surface area contributed by atoms with Crippen LogP contribution in [0.25, 0.3) is 0 Å². The first-order valence-corrected chi connectivity index (χ1v) is 6.50. The average Bonchev–Trinajstić information content (AvgIpc) is 2.30. The minimum Gasteiger partial charge on any atom is -0.327 e. The Morgan fingerprint density at radius 3 is 2.12 bits per heavy atom. The van der Waals surface area contributed by atoms with E-state index in [1.807, 2.05) is 0 Å². The van der Waals surface area contributed by atoms with E-state index in [4.69, 9.17) is 5.73 Å². The summed E-state index contributed by atoms with van der Waals surface area (Å²) in [5.41, 5.74) is 8.98. The molecule has 1 nitrogen and oxygen atoms in total. The van der Waals surface area contributed by atoms with E-state index in [0.29, 0.717) is 12.0 Å². The van der Waals surface area contributed by atoms with Gasteiger partial charge in [0.2, 0.25) is 0 Å². The molecule has 0 bridgehead atoms. The summed E-state index contributed by atoms with van der Waals surface area (Å²) in [7, 11) is 0. The molecule has 1 aromatic carbocycles. The third kappa shape index (κ3) is 3.97. The van der Waals surface area contributed by atoms with Gasteiger partial charge in [0.25, 0.3) is 0 Å². The Balaban J connectivity index is 2.52. The Morgan fingerprint density at radius 2 is 1.62 bits per heavy atom. The van der Waals surface area contributed by atoms with Crippen molar-refractivity contribution in [3.05, 3.63) is 35.4 Å². The van der Waals surface area contributed by atoms with Gasteiger partial charge in [-0.05, 0) is 36.3 Å². The molecule has 2 atom stereocenters. The zero-order valence-electron chi connectivity index (χ0n) is 10.9. The third-order valence-corrected chi connectivity index (χ3v) is 3.38. The van der Waals surface area contributed by atoms with Gasteiger partial charge < -0.3 is 5.73 Å². The smallest absolute Gasteiger partial charge is 0.0105 e. The van der Waals surface area contributed by atoms with Crippen molar-refractivity contribution >= 4 is 0 Å². The van der Waals surface area contributed by atoms with Gasteiger partial charge >= 0.3 is 0 Å². The Hall–Kier alpha value is -0.820. The lowest BCUT2D eigenvalue weighted by Crippen LogP contribution is -2.30. The molecule has 0 aliphatic carbocycles. The molecule has 0 amide bonds. The molecule has 2 unspecified atom stereocenters. The maximum absolute atomic E-state index is 6.21. The molecule has 0 aromatic heterocycles. The molecule has 1 aromatic rings. The fraction of sp³-hybridized carbons (Fsp3) is 0.600. The highest BCUT2D eigenvalue weighted by atomic mass is 14.6. The first-order valence-electron chi connectivity index (χ1n) is 6.50. The van der Waals surface area contributed by atoms with E-state index in [2.05, 4.69) is 45.0 Å². The van der Waals surface area contributed by atoms with Gasteiger partial charge in [-0.15, -0.1) is 0 Å². The lowest BCUT2D eigenvalue weighted by Gasteiger charge is -2.19. The van der Waals surface area contributed by atoms with Gasteiger partial charge in [-0.1, -0.05) is 51.5 Å². The van der Waals surface area contributed by atoms with Crippen molar-refractivity contribution in [2.45, 2.75) is 52.5 Å². The Bertz CT molecular complexity index is 289. The number of rotatable bonds is 6. The van der Waals surface area contributed by atoms with Crippen molar-refractivity contribution in [1.29, 1.82) is 0 Å². The number of nitrogens with two attached hydrogens (primary N) is 1. The van der Waals surface area contributed by atoms with Crippen molar-refractivity contribution in [2.75, 3.05) is 0 Å². The molecule has 0 aliphatic rings. The maximum atomic E-state index is 6.21. The second-order valence-corrected chi connectivity index (χ2v) is 4.80. The predicted molar refractivity (Wildman–Crippen MR) is 71.6 cm³/mol. The van der Waals surface area contributed by atoms with Crippen LogP contribution in [-0.2, 0) is 12.8 Å². The summed E-state index contributed by atoms with van der Waals surface area (Å²) in [6.07, 6.45) is 4.57. The zero-order valence-corrected chi connectivity index (χ0v) is 10.9. The van der Waals surface area contributed by atoms with Crippen LogP contribution in [0, 0.1) is 5.92 Å². The molecule has 0 saturated heterocycles. The van der Waals surface area contributed by atoms with E-state index in [9.17, 15) is 0 Å².